The molecule has 6 rings (SSSR count). The lowest BCUT2D eigenvalue weighted by atomic mass is 9.45. The molecule has 5 aliphatic carbocycles. The van der Waals surface area contributed by atoms with E-state index in [0.29, 0.717) is 28.3 Å². The lowest BCUT2D eigenvalue weighted by Crippen LogP contribution is -2.57. The molecule has 2 unspecified atom stereocenters. The number of hydrogen-bond donors (Lipinski definition) is 0. The van der Waals surface area contributed by atoms with E-state index in [2.05, 4.69) is 38.7 Å². The third-order valence-corrected chi connectivity index (χ3v) is 11.8. The largest absolute Gasteiger partial charge is 0.489 e. The van der Waals surface area contributed by atoms with Crippen molar-refractivity contribution in [1.29, 1.82) is 0 Å². The first kappa shape index (κ1) is 20.5. The summed E-state index contributed by atoms with van der Waals surface area (Å²) in [7, 11) is 2.00. The van der Waals surface area contributed by atoms with Gasteiger partial charge in [-0.1, -0.05) is 13.8 Å². The third-order valence-electron chi connectivity index (χ3n) is 11.8. The average Bonchev–Trinajstić information content (AvgIpc) is 3.26. The molecule has 0 aliphatic heterocycles. The van der Waals surface area contributed by atoms with Crippen molar-refractivity contribution in [2.24, 2.45) is 45.8 Å². The van der Waals surface area contributed by atoms with Crippen LogP contribution in [-0.2, 0) is 4.74 Å². The van der Waals surface area contributed by atoms with E-state index in [9.17, 15) is 0 Å². The van der Waals surface area contributed by atoms with Gasteiger partial charge in [0, 0.05) is 24.6 Å². The van der Waals surface area contributed by atoms with E-state index in [1.165, 1.54) is 56.9 Å². The summed E-state index contributed by atoms with van der Waals surface area (Å²) in [6.07, 6.45) is 15.7. The maximum Gasteiger partial charge on any atom is 0.140 e. The van der Waals surface area contributed by atoms with E-state index in [0.717, 1.165) is 29.4 Å². The predicted octanol–water partition coefficient (Wildman–Crippen LogP) is 6.44. The van der Waals surface area contributed by atoms with Gasteiger partial charge in [0.2, 0.25) is 0 Å². The monoisotopic (exact) mass is 423 g/mol. The number of ether oxygens (including phenoxy) is 2. The van der Waals surface area contributed by atoms with E-state index < -0.39 is 0 Å². The topological polar surface area (TPSA) is 31.4 Å². The van der Waals surface area contributed by atoms with Crippen LogP contribution in [0.15, 0.2) is 18.5 Å². The molecule has 0 radical (unpaired) electrons. The second-order valence-electron chi connectivity index (χ2n) is 12.4. The lowest BCUT2D eigenvalue weighted by molar-refractivity contribution is -0.162. The van der Waals surface area contributed by atoms with Gasteiger partial charge >= 0.3 is 0 Å². The molecule has 1 aromatic heterocycles. The minimum Gasteiger partial charge on any atom is -0.489 e. The van der Waals surface area contributed by atoms with Gasteiger partial charge in [-0.3, -0.25) is 4.98 Å². The standard InChI is InChI=1S/C28H41NO2/c1-17-10-13-29-16-24(17)31-18(2)21-6-7-22-20-14-25(30-5)28-15-19(28)8-12-27(28,4)23(20)9-11-26(21,22)3/h10,13,16,18-23,25H,6-9,11-12,14-15H2,1-5H3/t18?,19-,20+,21-,22+,23+,25?,26-,27-,28+/m1/s1. The SMILES string of the molecule is COC1C[C@H]2[C@@H]3CC[C@H](C(C)Oc4cnccc4C)[C@@]3(C)CC[C@@H]2[C@@]2(C)CC[C@@H]3C[C@@]132. The van der Waals surface area contributed by atoms with Crippen LogP contribution >= 0.6 is 0 Å². The minimum absolute atomic E-state index is 0.248. The van der Waals surface area contributed by atoms with Gasteiger partial charge < -0.3 is 9.47 Å². The predicted molar refractivity (Wildman–Crippen MR) is 123 cm³/mol. The van der Waals surface area contributed by atoms with Gasteiger partial charge in [0.1, 0.15) is 5.75 Å². The Kier molecular flexibility index (Phi) is 4.44. The van der Waals surface area contributed by atoms with Gasteiger partial charge in [-0.25, -0.2) is 0 Å². The Bertz CT molecular complexity index is 870. The molecule has 0 saturated heterocycles. The van der Waals surface area contributed by atoms with Gasteiger partial charge in [0.15, 0.2) is 0 Å². The molecular formula is C28H41NO2. The average molecular weight is 424 g/mol. The maximum atomic E-state index is 6.55. The Labute approximate surface area is 188 Å². The maximum absolute atomic E-state index is 6.55. The molecule has 5 fully saturated rings. The molecular weight excluding hydrogens is 382 g/mol. The third kappa shape index (κ3) is 2.53. The first-order valence-corrected chi connectivity index (χ1v) is 12.9. The molecule has 1 spiro atoms. The van der Waals surface area contributed by atoms with Crippen LogP contribution in [0.1, 0.15) is 77.7 Å². The highest BCUT2D eigenvalue weighted by atomic mass is 16.5. The van der Waals surface area contributed by atoms with Crippen molar-refractivity contribution < 1.29 is 9.47 Å². The van der Waals surface area contributed by atoms with Gasteiger partial charge in [-0.2, -0.15) is 0 Å². The molecule has 0 N–H and O–H groups in total. The Morgan fingerprint density at radius 2 is 1.94 bits per heavy atom. The zero-order chi connectivity index (χ0) is 21.6. The quantitative estimate of drug-likeness (QED) is 0.558. The highest BCUT2D eigenvalue weighted by Gasteiger charge is 2.77. The summed E-state index contributed by atoms with van der Waals surface area (Å²) in [4.78, 5) is 4.31. The summed E-state index contributed by atoms with van der Waals surface area (Å²) in [5, 5.41) is 0. The summed E-state index contributed by atoms with van der Waals surface area (Å²) in [5.74, 6) is 5.16. The smallest absolute Gasteiger partial charge is 0.140 e. The van der Waals surface area contributed by atoms with E-state index in [1.807, 2.05) is 19.5 Å². The minimum atomic E-state index is 0.248. The van der Waals surface area contributed by atoms with E-state index in [4.69, 9.17) is 9.47 Å². The van der Waals surface area contributed by atoms with Crippen LogP contribution in [0.2, 0.25) is 0 Å². The molecule has 3 heteroatoms. The molecule has 10 atom stereocenters. The van der Waals surface area contributed by atoms with Crippen molar-refractivity contribution in [2.45, 2.75) is 91.3 Å². The highest BCUT2D eigenvalue weighted by Crippen LogP contribution is 2.82. The first-order valence-electron chi connectivity index (χ1n) is 12.9. The van der Waals surface area contributed by atoms with Crippen LogP contribution in [0, 0.1) is 52.8 Å². The molecule has 0 aromatic carbocycles. The Balaban J connectivity index is 1.27. The summed E-state index contributed by atoms with van der Waals surface area (Å²) >= 11 is 0. The fraction of sp³-hybridized carbons (Fsp3) is 0.821. The van der Waals surface area contributed by atoms with Gasteiger partial charge in [0.25, 0.3) is 0 Å². The van der Waals surface area contributed by atoms with Crippen LogP contribution < -0.4 is 4.74 Å². The molecule has 170 valence electrons. The summed E-state index contributed by atoms with van der Waals surface area (Å²) in [6.45, 7) is 9.74. The van der Waals surface area contributed by atoms with Crippen LogP contribution in [0.25, 0.3) is 0 Å². The number of pyridine rings is 1. The number of nitrogens with zero attached hydrogens (tertiary/aromatic N) is 1. The molecule has 5 aliphatic rings. The Morgan fingerprint density at radius 1 is 1.10 bits per heavy atom. The number of methoxy groups -OCH3 is 1. The van der Waals surface area contributed by atoms with Crippen molar-refractivity contribution >= 4 is 0 Å². The Hall–Kier alpha value is -1.09. The normalized spacial score (nSPS) is 50.7. The number of aromatic nitrogens is 1. The van der Waals surface area contributed by atoms with Crippen molar-refractivity contribution in [1.82, 2.24) is 4.98 Å². The van der Waals surface area contributed by atoms with E-state index in [1.54, 1.807) is 0 Å². The second kappa shape index (κ2) is 6.72. The van der Waals surface area contributed by atoms with Crippen LogP contribution in [0.5, 0.6) is 5.75 Å². The number of aryl methyl sites for hydroxylation is 1. The summed E-state index contributed by atoms with van der Waals surface area (Å²) < 4.78 is 12.8. The number of hydrogen-bond acceptors (Lipinski definition) is 3. The highest BCUT2D eigenvalue weighted by molar-refractivity contribution is 5.29. The Morgan fingerprint density at radius 3 is 2.68 bits per heavy atom. The molecule has 0 bridgehead atoms. The van der Waals surface area contributed by atoms with Crippen molar-refractivity contribution in [3.63, 3.8) is 0 Å². The molecule has 31 heavy (non-hydrogen) atoms. The van der Waals surface area contributed by atoms with E-state index >= 15 is 0 Å². The zero-order valence-electron chi connectivity index (χ0n) is 20.2. The number of rotatable bonds is 4. The molecule has 3 nitrogen and oxygen atoms in total. The summed E-state index contributed by atoms with van der Waals surface area (Å²) in [6, 6.07) is 2.06. The van der Waals surface area contributed by atoms with E-state index in [-0.39, 0.29) is 6.10 Å². The number of fused-ring (bicyclic) bond motifs is 4. The van der Waals surface area contributed by atoms with Crippen LogP contribution in [0.3, 0.4) is 0 Å². The van der Waals surface area contributed by atoms with Crippen LogP contribution in [0.4, 0.5) is 0 Å². The summed E-state index contributed by atoms with van der Waals surface area (Å²) in [5.41, 5.74) is 2.65. The fourth-order valence-corrected chi connectivity index (χ4v) is 10.2. The van der Waals surface area contributed by atoms with Crippen molar-refractivity contribution in [3.8, 4) is 5.75 Å². The lowest BCUT2D eigenvalue weighted by Gasteiger charge is -2.61. The zero-order valence-corrected chi connectivity index (χ0v) is 20.2. The molecule has 5 saturated carbocycles. The van der Waals surface area contributed by atoms with Crippen LogP contribution in [-0.4, -0.2) is 24.3 Å². The van der Waals surface area contributed by atoms with Crippen molar-refractivity contribution in [3.05, 3.63) is 24.0 Å². The molecule has 1 aromatic rings. The van der Waals surface area contributed by atoms with Gasteiger partial charge in [-0.05, 0) is 111 Å². The fourth-order valence-electron chi connectivity index (χ4n) is 10.2. The first-order chi connectivity index (χ1) is 14.8. The molecule has 0 amide bonds. The van der Waals surface area contributed by atoms with Crippen molar-refractivity contribution in [2.75, 3.05) is 7.11 Å². The second-order valence-corrected chi connectivity index (χ2v) is 12.4. The van der Waals surface area contributed by atoms with Gasteiger partial charge in [0.05, 0.1) is 18.4 Å². The van der Waals surface area contributed by atoms with Gasteiger partial charge in [-0.15, -0.1) is 0 Å². The molecule has 1 heterocycles.